The fourth-order valence-corrected chi connectivity index (χ4v) is 0.811. The van der Waals surface area contributed by atoms with Crippen LogP contribution in [-0.2, 0) is 0 Å². The van der Waals surface area contributed by atoms with E-state index in [1.54, 1.807) is 0 Å². The molecule has 0 radical (unpaired) electrons. The van der Waals surface area contributed by atoms with Gasteiger partial charge in [0.2, 0.25) is 5.96 Å². The minimum Gasteiger partial charge on any atom is -0.370 e. The smallest absolute Gasteiger partial charge is 0.218 e. The van der Waals surface area contributed by atoms with E-state index in [9.17, 15) is 0 Å². The van der Waals surface area contributed by atoms with Crippen LogP contribution >= 0.6 is 0 Å². The summed E-state index contributed by atoms with van der Waals surface area (Å²) in [7, 11) is 0. The zero-order valence-corrected chi connectivity index (χ0v) is 7.25. The molecule has 1 aliphatic rings. The average molecular weight is 169 g/mol. The maximum atomic E-state index is 5.41. The van der Waals surface area contributed by atoms with Crippen molar-refractivity contribution in [2.24, 2.45) is 32.6 Å². The second-order valence-electron chi connectivity index (χ2n) is 3.52. The lowest BCUT2D eigenvalue weighted by Gasteiger charge is -2.01. The largest absolute Gasteiger partial charge is 0.370 e. The molecule has 6 N–H and O–H groups in total. The van der Waals surface area contributed by atoms with E-state index >= 15 is 0 Å². The summed E-state index contributed by atoms with van der Waals surface area (Å²) >= 11 is 0. The van der Waals surface area contributed by atoms with Crippen LogP contribution < -0.4 is 17.2 Å². The van der Waals surface area contributed by atoms with Crippen molar-refractivity contribution in [3.05, 3.63) is 0 Å². The number of hydrogen-bond donors (Lipinski definition) is 3. The van der Waals surface area contributed by atoms with Crippen LogP contribution in [0.4, 0.5) is 0 Å². The first kappa shape index (κ1) is 8.83. The van der Waals surface area contributed by atoms with Crippen LogP contribution in [0.15, 0.2) is 9.98 Å². The van der Waals surface area contributed by atoms with Crippen molar-refractivity contribution >= 4 is 11.9 Å². The summed E-state index contributed by atoms with van der Waals surface area (Å²) in [5, 5.41) is 0. The van der Waals surface area contributed by atoms with Crippen molar-refractivity contribution in [2.45, 2.75) is 19.8 Å². The highest BCUT2D eigenvalue weighted by Crippen LogP contribution is 2.44. The van der Waals surface area contributed by atoms with Gasteiger partial charge in [-0.2, -0.15) is 4.99 Å². The highest BCUT2D eigenvalue weighted by molar-refractivity contribution is 5.92. The molecule has 0 amide bonds. The predicted molar refractivity (Wildman–Crippen MR) is 49.6 cm³/mol. The Balaban J connectivity index is 2.41. The number of hydrogen-bond acceptors (Lipinski definition) is 1. The van der Waals surface area contributed by atoms with Gasteiger partial charge < -0.3 is 17.2 Å². The minimum atomic E-state index is -0.0443. The summed E-state index contributed by atoms with van der Waals surface area (Å²) in [6.07, 6.45) is 2.43. The summed E-state index contributed by atoms with van der Waals surface area (Å²) in [6, 6.07) is 0. The Bertz CT molecular complexity index is 222. The molecule has 5 nitrogen and oxygen atoms in total. The molecule has 0 aromatic heterocycles. The van der Waals surface area contributed by atoms with E-state index in [-0.39, 0.29) is 11.9 Å². The number of nitrogens with zero attached hydrogens (tertiary/aromatic N) is 2. The van der Waals surface area contributed by atoms with E-state index < -0.39 is 0 Å². The molecule has 68 valence electrons. The highest BCUT2D eigenvalue weighted by Gasteiger charge is 2.36. The Kier molecular flexibility index (Phi) is 2.21. The van der Waals surface area contributed by atoms with Gasteiger partial charge in [0.1, 0.15) is 0 Å². The van der Waals surface area contributed by atoms with Crippen LogP contribution in [0.5, 0.6) is 0 Å². The summed E-state index contributed by atoms with van der Waals surface area (Å²) in [4.78, 5) is 7.65. The van der Waals surface area contributed by atoms with E-state index in [2.05, 4.69) is 16.9 Å². The second-order valence-corrected chi connectivity index (χ2v) is 3.52. The Morgan fingerprint density at radius 1 is 1.33 bits per heavy atom. The second kappa shape index (κ2) is 3.00. The van der Waals surface area contributed by atoms with Gasteiger partial charge in [0.15, 0.2) is 5.96 Å². The molecule has 0 atom stereocenters. The van der Waals surface area contributed by atoms with Gasteiger partial charge in [-0.15, -0.1) is 0 Å². The lowest BCUT2D eigenvalue weighted by atomic mass is 10.1. The molecule has 0 saturated heterocycles. The fourth-order valence-electron chi connectivity index (χ4n) is 0.811. The summed E-state index contributed by atoms with van der Waals surface area (Å²) in [5.74, 6) is 0.125. The van der Waals surface area contributed by atoms with Gasteiger partial charge >= 0.3 is 0 Å². The van der Waals surface area contributed by atoms with Gasteiger partial charge in [-0.3, -0.25) is 4.99 Å². The quantitative estimate of drug-likeness (QED) is 0.379. The van der Waals surface area contributed by atoms with Crippen molar-refractivity contribution in [3.63, 3.8) is 0 Å². The molecule has 0 unspecified atom stereocenters. The fraction of sp³-hybridized carbons (Fsp3) is 0.714. The van der Waals surface area contributed by atoms with Crippen molar-refractivity contribution in [3.8, 4) is 0 Å². The van der Waals surface area contributed by atoms with Gasteiger partial charge in [0.25, 0.3) is 0 Å². The van der Waals surface area contributed by atoms with Gasteiger partial charge in [-0.25, -0.2) is 0 Å². The first-order chi connectivity index (χ1) is 5.52. The molecule has 5 heteroatoms. The lowest BCUT2D eigenvalue weighted by molar-refractivity contribution is 0.589. The van der Waals surface area contributed by atoms with E-state index in [1.165, 1.54) is 12.8 Å². The van der Waals surface area contributed by atoms with E-state index in [4.69, 9.17) is 17.2 Å². The van der Waals surface area contributed by atoms with Gasteiger partial charge in [-0.05, 0) is 18.3 Å². The van der Waals surface area contributed by atoms with Crippen molar-refractivity contribution in [2.75, 3.05) is 6.54 Å². The van der Waals surface area contributed by atoms with Gasteiger partial charge in [-0.1, -0.05) is 6.92 Å². The SMILES string of the molecule is CC1(CN=C(N)N=C(N)N)CC1. The standard InChI is InChI=1S/C7H15N5/c1-7(2-3-7)4-11-6(10)12-5(8)9/h2-4H2,1H3,(H6,8,9,10,11,12). The third-order valence-corrected chi connectivity index (χ3v) is 1.97. The van der Waals surface area contributed by atoms with E-state index in [0.29, 0.717) is 5.41 Å². The first-order valence-corrected chi connectivity index (χ1v) is 3.91. The molecule has 1 saturated carbocycles. The molecule has 1 aliphatic carbocycles. The normalized spacial score (nSPS) is 20.2. The molecule has 0 aliphatic heterocycles. The predicted octanol–water partition coefficient (Wildman–Crippen LogP) is -0.625. The third-order valence-electron chi connectivity index (χ3n) is 1.97. The molecule has 0 spiro atoms. The van der Waals surface area contributed by atoms with Crippen LogP contribution in [0.3, 0.4) is 0 Å². The minimum absolute atomic E-state index is 0.0443. The third kappa shape index (κ3) is 2.77. The Morgan fingerprint density at radius 2 is 1.92 bits per heavy atom. The summed E-state index contributed by atoms with van der Waals surface area (Å²) in [5.41, 5.74) is 16.0. The zero-order valence-electron chi connectivity index (χ0n) is 7.25. The molecule has 1 fully saturated rings. The lowest BCUT2D eigenvalue weighted by Crippen LogP contribution is -2.26. The average Bonchev–Trinajstić information content (AvgIpc) is 2.64. The van der Waals surface area contributed by atoms with Crippen LogP contribution in [0.25, 0.3) is 0 Å². The van der Waals surface area contributed by atoms with E-state index in [1.807, 2.05) is 0 Å². The Hall–Kier alpha value is -1.26. The van der Waals surface area contributed by atoms with Crippen LogP contribution in [0, 0.1) is 5.41 Å². The summed E-state index contributed by atoms with van der Waals surface area (Å²) < 4.78 is 0. The maximum Gasteiger partial charge on any atom is 0.218 e. The van der Waals surface area contributed by atoms with Crippen LogP contribution in [-0.4, -0.2) is 18.5 Å². The summed E-state index contributed by atoms with van der Waals surface area (Å²) in [6.45, 7) is 2.88. The number of guanidine groups is 2. The molecule has 0 aromatic rings. The zero-order chi connectivity index (χ0) is 9.19. The van der Waals surface area contributed by atoms with Gasteiger partial charge in [0.05, 0.1) is 0 Å². The van der Waals surface area contributed by atoms with E-state index in [0.717, 1.165) is 6.54 Å². The topological polar surface area (TPSA) is 103 Å². The Morgan fingerprint density at radius 3 is 2.33 bits per heavy atom. The van der Waals surface area contributed by atoms with Crippen LogP contribution in [0.1, 0.15) is 19.8 Å². The molecule has 0 bridgehead atoms. The molecule has 0 heterocycles. The monoisotopic (exact) mass is 169 g/mol. The molecule has 0 aromatic carbocycles. The number of nitrogens with two attached hydrogens (primary N) is 3. The highest BCUT2D eigenvalue weighted by atomic mass is 15.1. The van der Waals surface area contributed by atoms with Crippen molar-refractivity contribution < 1.29 is 0 Å². The maximum absolute atomic E-state index is 5.41. The first-order valence-electron chi connectivity index (χ1n) is 3.91. The molecule has 1 rings (SSSR count). The van der Waals surface area contributed by atoms with Crippen molar-refractivity contribution in [1.29, 1.82) is 0 Å². The molecular formula is C7H15N5. The van der Waals surface area contributed by atoms with Gasteiger partial charge in [0, 0.05) is 6.54 Å². The van der Waals surface area contributed by atoms with Crippen molar-refractivity contribution in [1.82, 2.24) is 0 Å². The molecular weight excluding hydrogens is 154 g/mol. The molecule has 12 heavy (non-hydrogen) atoms. The Labute approximate surface area is 71.7 Å². The van der Waals surface area contributed by atoms with Crippen LogP contribution in [0.2, 0.25) is 0 Å². The number of rotatable bonds is 2. The number of aliphatic imine (C=N–C) groups is 2.